The lowest BCUT2D eigenvalue weighted by molar-refractivity contribution is -0.385. The minimum atomic E-state index is -3.90. The molecule has 0 aliphatic carbocycles. The number of nitro groups is 2. The molecule has 0 N–H and O–H groups in total. The van der Waals surface area contributed by atoms with Gasteiger partial charge in [-0.2, -0.15) is 4.31 Å². The first-order chi connectivity index (χ1) is 14.7. The summed E-state index contributed by atoms with van der Waals surface area (Å²) in [4.78, 5) is 20.8. The van der Waals surface area contributed by atoms with Gasteiger partial charge in [0.1, 0.15) is 0 Å². The predicted octanol–water partition coefficient (Wildman–Crippen LogP) is 4.20. The average molecular weight is 441 g/mol. The molecular formula is C21H19N3O6S. The Labute approximate surface area is 178 Å². The van der Waals surface area contributed by atoms with Crippen LogP contribution in [0.2, 0.25) is 0 Å². The lowest BCUT2D eigenvalue weighted by Crippen LogP contribution is -2.30. The van der Waals surface area contributed by atoms with Gasteiger partial charge in [0.25, 0.3) is 11.4 Å². The van der Waals surface area contributed by atoms with Crippen LogP contribution < -0.4 is 0 Å². The van der Waals surface area contributed by atoms with Crippen molar-refractivity contribution < 1.29 is 18.3 Å². The Hall–Kier alpha value is -3.63. The minimum absolute atomic E-state index is 0.0226. The zero-order chi connectivity index (χ0) is 22.6. The average Bonchev–Trinajstić information content (AvgIpc) is 2.74. The second-order valence-corrected chi connectivity index (χ2v) is 8.87. The Bertz CT molecular complexity index is 1130. The second kappa shape index (κ2) is 9.02. The van der Waals surface area contributed by atoms with Crippen LogP contribution in [-0.2, 0) is 23.1 Å². The van der Waals surface area contributed by atoms with Crippen LogP contribution in [0.4, 0.5) is 11.4 Å². The van der Waals surface area contributed by atoms with E-state index in [-0.39, 0.29) is 29.4 Å². The predicted molar refractivity (Wildman–Crippen MR) is 114 cm³/mol. The number of nitrogens with zero attached hydrogens (tertiary/aromatic N) is 3. The quantitative estimate of drug-likeness (QED) is 0.381. The van der Waals surface area contributed by atoms with Crippen molar-refractivity contribution in [1.82, 2.24) is 4.31 Å². The number of aryl methyl sites for hydroxylation is 1. The molecule has 0 bridgehead atoms. The topological polar surface area (TPSA) is 124 Å². The van der Waals surface area contributed by atoms with Gasteiger partial charge in [0.05, 0.1) is 14.7 Å². The van der Waals surface area contributed by atoms with E-state index in [9.17, 15) is 28.6 Å². The SMILES string of the molecule is Cc1ccc(S(=O)(=O)N(Cc2ccc([N+](=O)[O-])cc2)Cc2ccc([N+](=O)[O-])cc2)cc1. The maximum Gasteiger partial charge on any atom is 0.269 e. The highest BCUT2D eigenvalue weighted by Gasteiger charge is 2.25. The first-order valence-electron chi connectivity index (χ1n) is 9.20. The van der Waals surface area contributed by atoms with Crippen LogP contribution in [0.1, 0.15) is 16.7 Å². The highest BCUT2D eigenvalue weighted by Crippen LogP contribution is 2.23. The number of sulfonamides is 1. The molecule has 0 aliphatic rings. The van der Waals surface area contributed by atoms with Crippen molar-refractivity contribution in [2.75, 3.05) is 0 Å². The molecule has 0 radical (unpaired) electrons. The maximum atomic E-state index is 13.3. The Morgan fingerprint density at radius 2 is 1.10 bits per heavy atom. The second-order valence-electron chi connectivity index (χ2n) is 6.93. The van der Waals surface area contributed by atoms with Gasteiger partial charge in [-0.1, -0.05) is 42.0 Å². The molecule has 3 rings (SSSR count). The number of hydrogen-bond acceptors (Lipinski definition) is 6. The number of benzene rings is 3. The number of non-ortho nitro benzene ring substituents is 2. The molecule has 0 saturated heterocycles. The molecule has 0 heterocycles. The van der Waals surface area contributed by atoms with E-state index in [1.807, 2.05) is 6.92 Å². The van der Waals surface area contributed by atoms with Crippen molar-refractivity contribution in [3.8, 4) is 0 Å². The molecule has 10 heteroatoms. The van der Waals surface area contributed by atoms with E-state index >= 15 is 0 Å². The third-order valence-corrected chi connectivity index (χ3v) is 6.48. The van der Waals surface area contributed by atoms with Crippen LogP contribution in [0.3, 0.4) is 0 Å². The summed E-state index contributed by atoms with van der Waals surface area (Å²) in [6, 6.07) is 17.7. The van der Waals surface area contributed by atoms with E-state index in [1.54, 1.807) is 12.1 Å². The van der Waals surface area contributed by atoms with Crippen LogP contribution in [-0.4, -0.2) is 22.6 Å². The van der Waals surface area contributed by atoms with Crippen molar-refractivity contribution in [3.05, 3.63) is 110 Å². The molecule has 0 saturated carbocycles. The summed E-state index contributed by atoms with van der Waals surface area (Å²) >= 11 is 0. The number of hydrogen-bond donors (Lipinski definition) is 0. The van der Waals surface area contributed by atoms with Gasteiger partial charge < -0.3 is 0 Å². The van der Waals surface area contributed by atoms with Gasteiger partial charge in [-0.25, -0.2) is 8.42 Å². The molecule has 0 unspecified atom stereocenters. The van der Waals surface area contributed by atoms with Crippen LogP contribution in [0.15, 0.2) is 77.7 Å². The Balaban J connectivity index is 1.95. The van der Waals surface area contributed by atoms with Crippen molar-refractivity contribution in [2.45, 2.75) is 24.9 Å². The first kappa shape index (κ1) is 22.1. The van der Waals surface area contributed by atoms with E-state index in [0.717, 1.165) is 5.56 Å². The standard InChI is InChI=1S/C21H19N3O6S/c1-16-2-12-21(13-3-16)31(29,30)22(14-17-4-8-19(9-5-17)23(25)26)15-18-6-10-20(11-7-18)24(27)28/h2-13H,14-15H2,1H3. The molecule has 0 amide bonds. The van der Waals surface area contributed by atoms with Gasteiger partial charge in [-0.3, -0.25) is 20.2 Å². The monoisotopic (exact) mass is 441 g/mol. The van der Waals surface area contributed by atoms with Crippen LogP contribution in [0.5, 0.6) is 0 Å². The van der Waals surface area contributed by atoms with Gasteiger partial charge in [0.15, 0.2) is 0 Å². The third-order valence-electron chi connectivity index (χ3n) is 4.67. The van der Waals surface area contributed by atoms with Crippen molar-refractivity contribution in [2.24, 2.45) is 0 Å². The Kier molecular flexibility index (Phi) is 6.42. The molecule has 0 fully saturated rings. The van der Waals surface area contributed by atoms with E-state index in [2.05, 4.69) is 0 Å². The minimum Gasteiger partial charge on any atom is -0.258 e. The zero-order valence-electron chi connectivity index (χ0n) is 16.5. The lowest BCUT2D eigenvalue weighted by Gasteiger charge is -2.22. The van der Waals surface area contributed by atoms with E-state index < -0.39 is 19.9 Å². The summed E-state index contributed by atoms with van der Waals surface area (Å²) in [6.07, 6.45) is 0. The molecule has 3 aromatic rings. The summed E-state index contributed by atoms with van der Waals surface area (Å²) < 4.78 is 27.9. The molecule has 160 valence electrons. The molecule has 0 atom stereocenters. The highest BCUT2D eigenvalue weighted by atomic mass is 32.2. The molecule has 0 aromatic heterocycles. The molecule has 3 aromatic carbocycles. The summed E-state index contributed by atoms with van der Waals surface area (Å²) in [6.45, 7) is 1.80. The summed E-state index contributed by atoms with van der Waals surface area (Å²) in [7, 11) is -3.90. The van der Waals surface area contributed by atoms with Crippen LogP contribution in [0, 0.1) is 27.2 Å². The third kappa shape index (κ3) is 5.30. The Morgan fingerprint density at radius 1 is 0.710 bits per heavy atom. The van der Waals surface area contributed by atoms with E-state index in [1.165, 1.54) is 65.0 Å². The fourth-order valence-corrected chi connectivity index (χ4v) is 4.35. The normalized spacial score (nSPS) is 11.4. The van der Waals surface area contributed by atoms with Gasteiger partial charge in [0.2, 0.25) is 10.0 Å². The number of rotatable bonds is 8. The molecule has 0 spiro atoms. The van der Waals surface area contributed by atoms with Crippen molar-refractivity contribution in [1.29, 1.82) is 0 Å². The molecule has 31 heavy (non-hydrogen) atoms. The highest BCUT2D eigenvalue weighted by molar-refractivity contribution is 7.89. The lowest BCUT2D eigenvalue weighted by atomic mass is 10.2. The molecule has 0 aliphatic heterocycles. The zero-order valence-corrected chi connectivity index (χ0v) is 17.4. The molecule has 9 nitrogen and oxygen atoms in total. The summed E-state index contributed by atoms with van der Waals surface area (Å²) in [5.41, 5.74) is 1.88. The smallest absolute Gasteiger partial charge is 0.258 e. The number of nitro benzene ring substituents is 2. The van der Waals surface area contributed by atoms with Gasteiger partial charge in [0, 0.05) is 37.4 Å². The van der Waals surface area contributed by atoms with Crippen LogP contribution in [0.25, 0.3) is 0 Å². The fraction of sp³-hybridized carbons (Fsp3) is 0.143. The molecular weight excluding hydrogens is 422 g/mol. The van der Waals surface area contributed by atoms with Crippen LogP contribution >= 0.6 is 0 Å². The summed E-state index contributed by atoms with van der Waals surface area (Å²) in [5, 5.41) is 21.7. The Morgan fingerprint density at radius 3 is 1.45 bits per heavy atom. The summed E-state index contributed by atoms with van der Waals surface area (Å²) in [5.74, 6) is 0. The van der Waals surface area contributed by atoms with Gasteiger partial charge in [-0.05, 0) is 30.2 Å². The van der Waals surface area contributed by atoms with Crippen molar-refractivity contribution in [3.63, 3.8) is 0 Å². The van der Waals surface area contributed by atoms with E-state index in [4.69, 9.17) is 0 Å². The fourth-order valence-electron chi connectivity index (χ4n) is 2.94. The van der Waals surface area contributed by atoms with Crippen molar-refractivity contribution >= 4 is 21.4 Å². The first-order valence-corrected chi connectivity index (χ1v) is 10.6. The van der Waals surface area contributed by atoms with E-state index in [0.29, 0.717) is 11.1 Å². The van der Waals surface area contributed by atoms with Gasteiger partial charge in [-0.15, -0.1) is 0 Å². The van der Waals surface area contributed by atoms with Gasteiger partial charge >= 0.3 is 0 Å². The maximum absolute atomic E-state index is 13.3. The largest absolute Gasteiger partial charge is 0.269 e.